The van der Waals surface area contributed by atoms with Crippen LogP contribution in [-0.4, -0.2) is 27.5 Å². The molecule has 8 heteroatoms. The second-order valence-corrected chi connectivity index (χ2v) is 9.19. The Morgan fingerprint density at radius 2 is 1.79 bits per heavy atom. The lowest BCUT2D eigenvalue weighted by Gasteiger charge is -2.23. The Hall–Kier alpha value is -2.45. The zero-order valence-electron chi connectivity index (χ0n) is 16.6. The number of halogens is 1. The van der Waals surface area contributed by atoms with Crippen LogP contribution in [0.1, 0.15) is 48.7 Å². The number of nitrogens with one attached hydrogen (secondary N) is 2. The van der Waals surface area contributed by atoms with E-state index in [2.05, 4.69) is 10.0 Å². The highest BCUT2D eigenvalue weighted by Crippen LogP contribution is 2.29. The van der Waals surface area contributed by atoms with E-state index in [0.29, 0.717) is 0 Å². The smallest absolute Gasteiger partial charge is 0.251 e. The summed E-state index contributed by atoms with van der Waals surface area (Å²) in [5, 5.41) is 2.92. The van der Waals surface area contributed by atoms with Gasteiger partial charge in [-0.15, -0.1) is 0 Å². The van der Waals surface area contributed by atoms with E-state index in [1.165, 1.54) is 37.4 Å². The Kier molecular flexibility index (Phi) is 6.24. The second kappa shape index (κ2) is 8.51. The summed E-state index contributed by atoms with van der Waals surface area (Å²) in [6.07, 6.45) is 1.60. The van der Waals surface area contributed by atoms with E-state index >= 15 is 0 Å². The van der Waals surface area contributed by atoms with Gasteiger partial charge in [-0.1, -0.05) is 26.0 Å². The minimum Gasteiger partial charge on any atom is -0.495 e. The summed E-state index contributed by atoms with van der Waals surface area (Å²) in [6.45, 7) is 3.88. The summed E-state index contributed by atoms with van der Waals surface area (Å²) in [7, 11) is -2.41. The molecule has 3 rings (SSSR count). The molecule has 1 fully saturated rings. The standard InChI is InChI=1S/C21H25FN2O4S/c1-13(2)20(14-4-7-16(22)8-5-14)23-21(25)15-6-11-18(28-3)19(12-15)29(26,27)24-17-9-10-17/h4-8,11-13,17,20,24H,9-10H2,1-3H3,(H,23,25)/t20-/m1/s1. The molecule has 156 valence electrons. The monoisotopic (exact) mass is 420 g/mol. The highest BCUT2D eigenvalue weighted by molar-refractivity contribution is 7.89. The molecule has 0 heterocycles. The summed E-state index contributed by atoms with van der Waals surface area (Å²) in [6, 6.07) is 9.84. The lowest BCUT2D eigenvalue weighted by molar-refractivity contribution is 0.0925. The summed E-state index contributed by atoms with van der Waals surface area (Å²) >= 11 is 0. The van der Waals surface area contributed by atoms with Crippen LogP contribution < -0.4 is 14.8 Å². The molecule has 2 aromatic rings. The number of methoxy groups -OCH3 is 1. The van der Waals surface area contributed by atoms with Gasteiger partial charge in [-0.3, -0.25) is 4.79 Å². The van der Waals surface area contributed by atoms with E-state index in [1.807, 2.05) is 13.8 Å². The first-order chi connectivity index (χ1) is 13.7. The number of carbonyl (C=O) groups excluding carboxylic acids is 1. The molecule has 0 bridgehead atoms. The molecule has 0 radical (unpaired) electrons. The Bertz CT molecular complexity index is 986. The summed E-state index contributed by atoms with van der Waals surface area (Å²) in [5.74, 6) is -0.551. The molecule has 0 unspecified atom stereocenters. The van der Waals surface area contributed by atoms with Gasteiger partial charge in [-0.2, -0.15) is 0 Å². The van der Waals surface area contributed by atoms with Crippen LogP contribution in [0.25, 0.3) is 0 Å². The summed E-state index contributed by atoms with van der Waals surface area (Å²) in [5.41, 5.74) is 0.973. The van der Waals surface area contributed by atoms with Crippen LogP contribution >= 0.6 is 0 Å². The maximum atomic E-state index is 13.2. The lowest BCUT2D eigenvalue weighted by atomic mass is 9.95. The molecule has 0 spiro atoms. The largest absolute Gasteiger partial charge is 0.495 e. The summed E-state index contributed by atoms with van der Waals surface area (Å²) < 4.78 is 46.3. The molecular weight excluding hydrogens is 395 g/mol. The van der Waals surface area contributed by atoms with Crippen molar-refractivity contribution in [1.29, 1.82) is 0 Å². The highest BCUT2D eigenvalue weighted by atomic mass is 32.2. The zero-order valence-corrected chi connectivity index (χ0v) is 17.4. The van der Waals surface area contributed by atoms with Crippen LogP contribution in [0.3, 0.4) is 0 Å². The molecule has 1 saturated carbocycles. The Morgan fingerprint density at radius 1 is 1.14 bits per heavy atom. The lowest BCUT2D eigenvalue weighted by Crippen LogP contribution is -2.32. The van der Waals surface area contributed by atoms with Crippen LogP contribution in [0, 0.1) is 11.7 Å². The van der Waals surface area contributed by atoms with Crippen molar-refractivity contribution in [3.05, 3.63) is 59.4 Å². The van der Waals surface area contributed by atoms with E-state index in [1.54, 1.807) is 12.1 Å². The predicted octanol–water partition coefficient (Wildman–Crippen LogP) is 3.40. The third-order valence-corrected chi connectivity index (χ3v) is 6.34. The quantitative estimate of drug-likeness (QED) is 0.686. The average molecular weight is 421 g/mol. The first-order valence-corrected chi connectivity index (χ1v) is 11.0. The Labute approximate surface area is 170 Å². The van der Waals surface area contributed by atoms with Gasteiger partial charge in [0, 0.05) is 11.6 Å². The van der Waals surface area contributed by atoms with Crippen molar-refractivity contribution in [2.75, 3.05) is 7.11 Å². The molecule has 1 atom stereocenters. The summed E-state index contributed by atoms with van der Waals surface area (Å²) in [4.78, 5) is 12.8. The maximum absolute atomic E-state index is 13.2. The van der Waals surface area contributed by atoms with Gasteiger partial charge < -0.3 is 10.1 Å². The fourth-order valence-electron chi connectivity index (χ4n) is 3.04. The van der Waals surface area contributed by atoms with Gasteiger partial charge in [0.2, 0.25) is 10.0 Å². The first-order valence-electron chi connectivity index (χ1n) is 9.48. The predicted molar refractivity (Wildman–Crippen MR) is 108 cm³/mol. The van der Waals surface area contributed by atoms with Crippen LogP contribution in [0.5, 0.6) is 5.75 Å². The molecule has 0 aromatic heterocycles. The molecule has 2 N–H and O–H groups in total. The van der Waals surface area contributed by atoms with E-state index in [9.17, 15) is 17.6 Å². The molecular formula is C21H25FN2O4S. The van der Waals surface area contributed by atoms with Crippen LogP contribution in [0.2, 0.25) is 0 Å². The normalized spacial score (nSPS) is 15.2. The SMILES string of the molecule is COc1ccc(C(=O)N[C@@H](c2ccc(F)cc2)C(C)C)cc1S(=O)(=O)NC1CC1. The van der Waals surface area contributed by atoms with E-state index in [0.717, 1.165) is 18.4 Å². The van der Waals surface area contributed by atoms with Crippen molar-refractivity contribution in [2.24, 2.45) is 5.92 Å². The number of ether oxygens (including phenoxy) is 1. The van der Waals surface area contributed by atoms with Gasteiger partial charge in [-0.05, 0) is 54.7 Å². The van der Waals surface area contributed by atoms with Gasteiger partial charge in [0.15, 0.2) is 0 Å². The average Bonchev–Trinajstić information content (AvgIpc) is 3.49. The number of amides is 1. The fraction of sp³-hybridized carbons (Fsp3) is 0.381. The van der Waals surface area contributed by atoms with Crippen molar-refractivity contribution >= 4 is 15.9 Å². The highest BCUT2D eigenvalue weighted by Gasteiger charge is 2.30. The molecule has 6 nitrogen and oxygen atoms in total. The van der Waals surface area contributed by atoms with Crippen molar-refractivity contribution in [3.63, 3.8) is 0 Å². The Morgan fingerprint density at radius 3 is 2.34 bits per heavy atom. The number of hydrogen-bond donors (Lipinski definition) is 2. The minimum absolute atomic E-state index is 0.0439. The molecule has 2 aromatic carbocycles. The van der Waals surface area contributed by atoms with Crippen molar-refractivity contribution in [1.82, 2.24) is 10.0 Å². The van der Waals surface area contributed by atoms with Crippen molar-refractivity contribution in [2.45, 2.75) is 43.7 Å². The van der Waals surface area contributed by atoms with Crippen LogP contribution in [0.15, 0.2) is 47.4 Å². The van der Waals surface area contributed by atoms with Gasteiger partial charge in [0.05, 0.1) is 13.2 Å². The number of benzene rings is 2. The molecule has 0 saturated heterocycles. The second-order valence-electron chi connectivity index (χ2n) is 7.51. The maximum Gasteiger partial charge on any atom is 0.251 e. The van der Waals surface area contributed by atoms with Crippen molar-refractivity contribution in [3.8, 4) is 5.75 Å². The molecule has 0 aliphatic heterocycles. The van der Waals surface area contributed by atoms with Crippen molar-refractivity contribution < 1.29 is 22.3 Å². The van der Waals surface area contributed by atoms with Gasteiger partial charge in [0.1, 0.15) is 16.5 Å². The fourth-order valence-corrected chi connectivity index (χ4v) is 4.54. The van der Waals surface area contributed by atoms with E-state index < -0.39 is 15.9 Å². The van der Waals surface area contributed by atoms with E-state index in [-0.39, 0.29) is 40.0 Å². The molecule has 29 heavy (non-hydrogen) atoms. The number of sulfonamides is 1. The minimum atomic E-state index is -3.79. The van der Waals surface area contributed by atoms with Crippen LogP contribution in [-0.2, 0) is 10.0 Å². The molecule has 1 amide bonds. The number of carbonyl (C=O) groups is 1. The molecule has 1 aliphatic carbocycles. The van der Waals surface area contributed by atoms with Gasteiger partial charge >= 0.3 is 0 Å². The third kappa shape index (κ3) is 5.13. The zero-order chi connectivity index (χ0) is 21.2. The van der Waals surface area contributed by atoms with Crippen LogP contribution in [0.4, 0.5) is 4.39 Å². The number of hydrogen-bond acceptors (Lipinski definition) is 4. The molecule has 1 aliphatic rings. The number of rotatable bonds is 8. The topological polar surface area (TPSA) is 84.5 Å². The van der Waals surface area contributed by atoms with Gasteiger partial charge in [-0.25, -0.2) is 17.5 Å². The van der Waals surface area contributed by atoms with Gasteiger partial charge in [0.25, 0.3) is 5.91 Å². The third-order valence-electron chi connectivity index (χ3n) is 4.80. The van der Waals surface area contributed by atoms with E-state index in [4.69, 9.17) is 4.74 Å². The first kappa shape index (κ1) is 21.3. The Balaban J connectivity index is 1.87.